The van der Waals surface area contributed by atoms with Crippen LogP contribution in [0, 0.1) is 0 Å². The largest absolute Gasteiger partial charge is 0.550 e. The van der Waals surface area contributed by atoms with Gasteiger partial charge in [-0.25, -0.2) is 0 Å². The highest BCUT2D eigenvalue weighted by Crippen LogP contribution is 2.20. The normalized spacial score (nSPS) is 13.4. The summed E-state index contributed by atoms with van der Waals surface area (Å²) in [6.45, 7) is 0.566. The topological polar surface area (TPSA) is 77.4 Å². The van der Waals surface area contributed by atoms with E-state index < -0.39 is 5.97 Å². The first kappa shape index (κ1) is 16.4. The van der Waals surface area contributed by atoms with Crippen molar-refractivity contribution in [2.75, 3.05) is 34.3 Å². The number of carbonyl (C=O) groups is 2. The van der Waals surface area contributed by atoms with Gasteiger partial charge in [-0.05, 0) is 6.42 Å². The van der Waals surface area contributed by atoms with Crippen LogP contribution < -0.4 is 5.11 Å². The fourth-order valence-electron chi connectivity index (χ4n) is 1.41. The third-order valence-corrected chi connectivity index (χ3v) is 3.10. The third-order valence-electron chi connectivity index (χ3n) is 1.98. The number of aliphatic hydroxyl groups is 1. The van der Waals surface area contributed by atoms with Gasteiger partial charge in [0.25, 0.3) is 0 Å². The average molecular weight is 263 g/mol. The second-order valence-corrected chi connectivity index (χ2v) is 6.35. The minimum Gasteiger partial charge on any atom is -0.550 e. The minimum atomic E-state index is -1.13. The number of thioether (sulfide) groups is 1. The summed E-state index contributed by atoms with van der Waals surface area (Å²) < 4.78 is 0.595. The van der Waals surface area contributed by atoms with Crippen molar-refractivity contribution in [3.8, 4) is 0 Å². The van der Waals surface area contributed by atoms with E-state index in [1.807, 2.05) is 21.1 Å². The molecule has 0 radical (unpaired) electrons. The summed E-state index contributed by atoms with van der Waals surface area (Å²) in [5.41, 5.74) is 0. The number of carboxylic acid groups (broad SMARTS) is 1. The van der Waals surface area contributed by atoms with Crippen molar-refractivity contribution in [1.29, 1.82) is 0 Å². The maximum Gasteiger partial charge on any atom is 0.189 e. The second kappa shape index (κ2) is 7.68. The quantitative estimate of drug-likeness (QED) is 0.582. The van der Waals surface area contributed by atoms with E-state index in [2.05, 4.69) is 0 Å². The number of carbonyl (C=O) groups excluding carboxylic acids is 2. The van der Waals surface area contributed by atoms with Crippen LogP contribution in [0.3, 0.4) is 0 Å². The van der Waals surface area contributed by atoms with Crippen LogP contribution in [-0.2, 0) is 9.59 Å². The molecule has 0 heterocycles. The van der Waals surface area contributed by atoms with Crippen molar-refractivity contribution in [3.05, 3.63) is 0 Å². The van der Waals surface area contributed by atoms with Crippen LogP contribution in [0.15, 0.2) is 0 Å². The molecule has 0 aliphatic carbocycles. The van der Waals surface area contributed by atoms with E-state index in [-0.39, 0.29) is 29.8 Å². The Bertz CT molecular complexity index is 263. The second-order valence-electron chi connectivity index (χ2n) is 4.99. The van der Waals surface area contributed by atoms with Gasteiger partial charge < -0.3 is 19.5 Å². The fourth-order valence-corrected chi connectivity index (χ4v) is 2.78. The van der Waals surface area contributed by atoms with Gasteiger partial charge in [0, 0.05) is 25.4 Å². The van der Waals surface area contributed by atoms with E-state index in [1.54, 1.807) is 0 Å². The van der Waals surface area contributed by atoms with Gasteiger partial charge in [0.15, 0.2) is 5.12 Å². The summed E-state index contributed by atoms with van der Waals surface area (Å²) in [6.07, 6.45) is 0.584. The Hall–Kier alpha value is -0.590. The Kier molecular flexibility index (Phi) is 7.41. The summed E-state index contributed by atoms with van der Waals surface area (Å²) in [5, 5.41) is 18.9. The van der Waals surface area contributed by atoms with E-state index in [0.29, 0.717) is 17.4 Å². The Morgan fingerprint density at radius 2 is 1.94 bits per heavy atom. The van der Waals surface area contributed by atoms with Crippen LogP contribution in [0.1, 0.15) is 19.3 Å². The SMILES string of the molecule is C[N+](C)(C)CC(CC(=O)[O-])SC(=O)CCCO. The number of carboxylic acids is 1. The molecule has 0 saturated heterocycles. The van der Waals surface area contributed by atoms with E-state index >= 15 is 0 Å². The standard InChI is InChI=1S/C11H21NO4S/c1-12(2,3)8-9(7-10(14)15)17-11(16)5-4-6-13/h9,13H,4-8H2,1-3H3. The van der Waals surface area contributed by atoms with E-state index in [0.717, 1.165) is 11.8 Å². The molecule has 0 aliphatic rings. The van der Waals surface area contributed by atoms with Crippen molar-refractivity contribution in [2.45, 2.75) is 24.5 Å². The van der Waals surface area contributed by atoms with E-state index in [1.165, 1.54) is 0 Å². The Morgan fingerprint density at radius 3 is 2.35 bits per heavy atom. The number of aliphatic hydroxyl groups excluding tert-OH is 1. The highest BCUT2D eigenvalue weighted by atomic mass is 32.2. The van der Waals surface area contributed by atoms with Crippen LogP contribution in [0.5, 0.6) is 0 Å². The highest BCUT2D eigenvalue weighted by Gasteiger charge is 2.21. The fraction of sp³-hybridized carbons (Fsp3) is 0.818. The predicted molar refractivity (Wildman–Crippen MR) is 65.2 cm³/mol. The molecular formula is C11H21NO4S. The van der Waals surface area contributed by atoms with Crippen molar-refractivity contribution in [3.63, 3.8) is 0 Å². The van der Waals surface area contributed by atoms with Crippen molar-refractivity contribution < 1.29 is 24.3 Å². The number of quaternary nitrogens is 1. The van der Waals surface area contributed by atoms with Gasteiger partial charge in [-0.1, -0.05) is 11.8 Å². The Balaban J connectivity index is 4.28. The molecule has 0 fully saturated rings. The lowest BCUT2D eigenvalue weighted by Crippen LogP contribution is -2.42. The van der Waals surface area contributed by atoms with Gasteiger partial charge in [-0.3, -0.25) is 4.79 Å². The molecule has 17 heavy (non-hydrogen) atoms. The summed E-state index contributed by atoms with van der Waals surface area (Å²) in [5.74, 6) is -1.13. The molecule has 0 aromatic rings. The zero-order valence-electron chi connectivity index (χ0n) is 10.6. The van der Waals surface area contributed by atoms with Gasteiger partial charge in [-0.2, -0.15) is 0 Å². The summed E-state index contributed by atoms with van der Waals surface area (Å²) >= 11 is 1.05. The van der Waals surface area contributed by atoms with Crippen molar-refractivity contribution >= 4 is 22.8 Å². The van der Waals surface area contributed by atoms with Gasteiger partial charge in [0.1, 0.15) is 0 Å². The molecule has 0 spiro atoms. The van der Waals surface area contributed by atoms with Gasteiger partial charge in [-0.15, -0.1) is 0 Å². The number of hydrogen-bond donors (Lipinski definition) is 1. The molecule has 6 heteroatoms. The molecule has 0 aromatic heterocycles. The van der Waals surface area contributed by atoms with Gasteiger partial charge in [0.05, 0.1) is 32.9 Å². The molecule has 0 aliphatic heterocycles. The highest BCUT2D eigenvalue weighted by molar-refractivity contribution is 8.14. The molecule has 0 bridgehead atoms. The number of nitrogens with zero attached hydrogens (tertiary/aromatic N) is 1. The molecule has 0 aromatic carbocycles. The summed E-state index contributed by atoms with van der Waals surface area (Å²) in [6, 6.07) is 0. The Morgan fingerprint density at radius 1 is 1.35 bits per heavy atom. The number of rotatable bonds is 8. The molecule has 1 unspecified atom stereocenters. The lowest BCUT2D eigenvalue weighted by atomic mass is 10.3. The molecule has 0 saturated carbocycles. The van der Waals surface area contributed by atoms with Gasteiger partial charge >= 0.3 is 0 Å². The lowest BCUT2D eigenvalue weighted by molar-refractivity contribution is -0.869. The van der Waals surface area contributed by atoms with Crippen LogP contribution in [0.25, 0.3) is 0 Å². The first-order valence-electron chi connectivity index (χ1n) is 5.55. The van der Waals surface area contributed by atoms with Crippen LogP contribution in [-0.4, -0.2) is 60.2 Å². The van der Waals surface area contributed by atoms with Crippen LogP contribution >= 0.6 is 11.8 Å². The molecule has 1 atom stereocenters. The third kappa shape index (κ3) is 10.3. The van der Waals surface area contributed by atoms with Crippen molar-refractivity contribution in [1.82, 2.24) is 0 Å². The molecular weight excluding hydrogens is 242 g/mol. The van der Waals surface area contributed by atoms with Crippen molar-refractivity contribution in [2.24, 2.45) is 0 Å². The molecule has 100 valence electrons. The smallest absolute Gasteiger partial charge is 0.189 e. The predicted octanol–water partition coefficient (Wildman–Crippen LogP) is -0.766. The Labute approximate surface area is 106 Å². The molecule has 1 N–H and O–H groups in total. The van der Waals surface area contributed by atoms with Gasteiger partial charge in [0.2, 0.25) is 0 Å². The first-order chi connectivity index (χ1) is 7.74. The molecule has 5 nitrogen and oxygen atoms in total. The molecule has 0 amide bonds. The van der Waals surface area contributed by atoms with E-state index in [9.17, 15) is 14.7 Å². The summed E-state index contributed by atoms with van der Waals surface area (Å²) in [7, 11) is 5.84. The average Bonchev–Trinajstić information content (AvgIpc) is 2.10. The maximum atomic E-state index is 11.5. The zero-order valence-corrected chi connectivity index (χ0v) is 11.5. The minimum absolute atomic E-state index is 0.0210. The zero-order chi connectivity index (χ0) is 13.5. The van der Waals surface area contributed by atoms with Crippen LogP contribution in [0.2, 0.25) is 0 Å². The maximum absolute atomic E-state index is 11.5. The molecule has 0 rings (SSSR count). The monoisotopic (exact) mass is 263 g/mol. The number of aliphatic carboxylic acids is 1. The summed E-state index contributed by atoms with van der Waals surface area (Å²) in [4.78, 5) is 22.1. The lowest BCUT2D eigenvalue weighted by Gasteiger charge is -2.28. The number of hydrogen-bond acceptors (Lipinski definition) is 5. The first-order valence-corrected chi connectivity index (χ1v) is 6.43. The van der Waals surface area contributed by atoms with E-state index in [4.69, 9.17) is 5.11 Å². The van der Waals surface area contributed by atoms with Crippen LogP contribution in [0.4, 0.5) is 0 Å².